The van der Waals surface area contributed by atoms with Crippen LogP contribution in [0.25, 0.3) is 11.5 Å². The number of amides is 1. The van der Waals surface area contributed by atoms with E-state index in [1.807, 2.05) is 19.1 Å². The number of carbonyl (C=O) groups is 1. The number of hydrogen-bond donors (Lipinski definition) is 1. The molecule has 2 aromatic carbocycles. The number of thioether (sulfide) groups is 1. The van der Waals surface area contributed by atoms with Gasteiger partial charge in [-0.25, -0.2) is 4.39 Å². The van der Waals surface area contributed by atoms with Gasteiger partial charge < -0.3 is 9.73 Å². The predicted octanol–water partition coefficient (Wildman–Crippen LogP) is 4.55. The van der Waals surface area contributed by atoms with E-state index in [4.69, 9.17) is 4.42 Å². The van der Waals surface area contributed by atoms with Crippen LogP contribution in [0.5, 0.6) is 0 Å². The number of rotatable bonds is 5. The maximum Gasteiger partial charge on any atom is 0.277 e. The number of halogens is 1. The van der Waals surface area contributed by atoms with Crippen LogP contribution in [0.4, 0.5) is 4.39 Å². The van der Waals surface area contributed by atoms with Gasteiger partial charge in [-0.2, -0.15) is 0 Å². The zero-order valence-corrected chi connectivity index (χ0v) is 16.2. The normalized spacial score (nSPS) is 17.0. The van der Waals surface area contributed by atoms with Crippen molar-refractivity contribution in [2.24, 2.45) is 0 Å². The van der Waals surface area contributed by atoms with E-state index in [-0.39, 0.29) is 23.0 Å². The number of benzene rings is 2. The summed E-state index contributed by atoms with van der Waals surface area (Å²) >= 11 is 1.21. The maximum absolute atomic E-state index is 13.0. The van der Waals surface area contributed by atoms with Crippen molar-refractivity contribution in [1.29, 1.82) is 0 Å². The van der Waals surface area contributed by atoms with E-state index in [0.29, 0.717) is 16.7 Å². The second kappa shape index (κ2) is 8.14. The summed E-state index contributed by atoms with van der Waals surface area (Å²) in [6.07, 6.45) is 3.06. The summed E-state index contributed by atoms with van der Waals surface area (Å²) in [5.74, 6) is -0.0861. The Kier molecular flexibility index (Phi) is 5.43. The molecule has 144 valence electrons. The highest BCUT2D eigenvalue weighted by atomic mass is 32.2. The molecule has 0 saturated heterocycles. The summed E-state index contributed by atoms with van der Waals surface area (Å²) in [4.78, 5) is 12.7. The molecular weight excluding hydrogens is 377 g/mol. The van der Waals surface area contributed by atoms with Crippen molar-refractivity contribution in [3.63, 3.8) is 0 Å². The number of nitrogens with one attached hydrogen (secondary N) is 1. The Labute approximate surface area is 166 Å². The Morgan fingerprint density at radius 3 is 2.82 bits per heavy atom. The van der Waals surface area contributed by atoms with Crippen LogP contribution in [-0.2, 0) is 11.2 Å². The standard InChI is InChI=1S/C21H20FN3O2S/c1-13(19(26)23-18-8-4-6-14-5-2-3-7-17(14)18)28-21-25-24-20(27-21)15-9-11-16(22)12-10-15/h2-3,5,7,9-13,18H,4,6,8H2,1H3,(H,23,26)/t13-,18-/m1/s1. The average Bonchev–Trinajstić information content (AvgIpc) is 3.17. The van der Waals surface area contributed by atoms with E-state index in [2.05, 4.69) is 27.6 Å². The molecule has 0 unspecified atom stereocenters. The molecule has 0 radical (unpaired) electrons. The Balaban J connectivity index is 1.40. The third kappa shape index (κ3) is 4.09. The Bertz CT molecular complexity index is 974. The van der Waals surface area contributed by atoms with Gasteiger partial charge in [-0.05, 0) is 61.6 Å². The molecule has 7 heteroatoms. The molecule has 0 aliphatic heterocycles. The molecule has 0 bridgehead atoms. The second-order valence-corrected chi connectivity index (χ2v) is 8.08. The number of nitrogens with zero attached hydrogens (tertiary/aromatic N) is 2. The Morgan fingerprint density at radius 1 is 1.21 bits per heavy atom. The molecule has 0 spiro atoms. The van der Waals surface area contributed by atoms with Gasteiger partial charge in [-0.3, -0.25) is 4.79 Å². The third-order valence-electron chi connectivity index (χ3n) is 4.83. The first-order chi connectivity index (χ1) is 13.6. The summed E-state index contributed by atoms with van der Waals surface area (Å²) < 4.78 is 18.7. The van der Waals surface area contributed by atoms with Crippen LogP contribution in [0.1, 0.15) is 36.9 Å². The largest absolute Gasteiger partial charge is 0.411 e. The molecule has 1 heterocycles. The lowest BCUT2D eigenvalue weighted by Gasteiger charge is -2.27. The van der Waals surface area contributed by atoms with E-state index in [0.717, 1.165) is 19.3 Å². The topological polar surface area (TPSA) is 68.0 Å². The number of carbonyl (C=O) groups excluding carboxylic acids is 1. The second-order valence-electron chi connectivity index (χ2n) is 6.79. The summed E-state index contributed by atoms with van der Waals surface area (Å²) in [7, 11) is 0. The minimum absolute atomic E-state index is 0.0398. The van der Waals surface area contributed by atoms with E-state index >= 15 is 0 Å². The smallest absolute Gasteiger partial charge is 0.277 e. The Morgan fingerprint density at radius 2 is 2.00 bits per heavy atom. The van der Waals surface area contributed by atoms with Crippen LogP contribution in [0, 0.1) is 5.82 Å². The van der Waals surface area contributed by atoms with Crippen LogP contribution in [-0.4, -0.2) is 21.4 Å². The highest BCUT2D eigenvalue weighted by Gasteiger charge is 2.25. The van der Waals surface area contributed by atoms with Crippen molar-refractivity contribution in [3.05, 3.63) is 65.5 Å². The third-order valence-corrected chi connectivity index (χ3v) is 5.76. The molecule has 0 fully saturated rings. The van der Waals surface area contributed by atoms with Crippen molar-refractivity contribution in [1.82, 2.24) is 15.5 Å². The van der Waals surface area contributed by atoms with E-state index in [1.165, 1.54) is 35.0 Å². The fraction of sp³-hybridized carbons (Fsp3) is 0.286. The lowest BCUT2D eigenvalue weighted by Crippen LogP contribution is -2.35. The van der Waals surface area contributed by atoms with Crippen LogP contribution in [0.15, 0.2) is 58.2 Å². The number of hydrogen-bond acceptors (Lipinski definition) is 5. The summed E-state index contributed by atoms with van der Waals surface area (Å²) in [6, 6.07) is 14.1. The molecule has 28 heavy (non-hydrogen) atoms. The summed E-state index contributed by atoms with van der Waals surface area (Å²) in [5, 5.41) is 11.1. The fourth-order valence-corrected chi connectivity index (χ4v) is 4.06. The summed E-state index contributed by atoms with van der Waals surface area (Å²) in [6.45, 7) is 1.82. The number of fused-ring (bicyclic) bond motifs is 1. The van der Waals surface area contributed by atoms with Gasteiger partial charge in [0.15, 0.2) is 0 Å². The first kappa shape index (κ1) is 18.7. The fourth-order valence-electron chi connectivity index (χ4n) is 3.36. The van der Waals surface area contributed by atoms with Crippen LogP contribution >= 0.6 is 11.8 Å². The zero-order valence-electron chi connectivity index (χ0n) is 15.4. The molecular formula is C21H20FN3O2S. The molecule has 3 aromatic rings. The van der Waals surface area contributed by atoms with Gasteiger partial charge in [0.05, 0.1) is 11.3 Å². The van der Waals surface area contributed by atoms with Gasteiger partial charge in [-0.1, -0.05) is 36.0 Å². The first-order valence-electron chi connectivity index (χ1n) is 9.24. The maximum atomic E-state index is 13.0. The quantitative estimate of drug-likeness (QED) is 0.640. The molecule has 0 saturated carbocycles. The SMILES string of the molecule is C[C@@H](Sc1nnc(-c2ccc(F)cc2)o1)C(=O)N[C@@H]1CCCc2ccccc21. The highest BCUT2D eigenvalue weighted by molar-refractivity contribution is 8.00. The van der Waals surface area contributed by atoms with Gasteiger partial charge >= 0.3 is 0 Å². The van der Waals surface area contributed by atoms with Gasteiger partial charge in [0.1, 0.15) is 5.82 Å². The van der Waals surface area contributed by atoms with Crippen molar-refractivity contribution in [2.75, 3.05) is 0 Å². The van der Waals surface area contributed by atoms with Gasteiger partial charge in [0, 0.05) is 5.56 Å². The van der Waals surface area contributed by atoms with Crippen molar-refractivity contribution >= 4 is 17.7 Å². The minimum atomic E-state index is -0.379. The van der Waals surface area contributed by atoms with E-state index < -0.39 is 0 Å². The predicted molar refractivity (Wildman–Crippen MR) is 105 cm³/mol. The van der Waals surface area contributed by atoms with Crippen molar-refractivity contribution in [3.8, 4) is 11.5 Å². The molecule has 4 rings (SSSR count). The average molecular weight is 397 g/mol. The lowest BCUT2D eigenvalue weighted by molar-refractivity contribution is -0.121. The number of aromatic nitrogens is 2. The minimum Gasteiger partial charge on any atom is -0.411 e. The monoisotopic (exact) mass is 397 g/mol. The highest BCUT2D eigenvalue weighted by Crippen LogP contribution is 2.31. The van der Waals surface area contributed by atoms with Crippen molar-refractivity contribution < 1.29 is 13.6 Å². The van der Waals surface area contributed by atoms with E-state index in [1.54, 1.807) is 12.1 Å². The summed E-state index contributed by atoms with van der Waals surface area (Å²) in [5.41, 5.74) is 3.15. The van der Waals surface area contributed by atoms with Crippen LogP contribution in [0.3, 0.4) is 0 Å². The number of aryl methyl sites for hydroxylation is 1. The first-order valence-corrected chi connectivity index (χ1v) is 10.1. The molecule has 1 N–H and O–H groups in total. The van der Waals surface area contributed by atoms with Crippen LogP contribution < -0.4 is 5.32 Å². The lowest BCUT2D eigenvalue weighted by atomic mass is 9.88. The molecule has 2 atom stereocenters. The van der Waals surface area contributed by atoms with Crippen molar-refractivity contribution in [2.45, 2.75) is 42.7 Å². The van der Waals surface area contributed by atoms with Gasteiger partial charge in [0.2, 0.25) is 11.8 Å². The van der Waals surface area contributed by atoms with Crippen LogP contribution in [0.2, 0.25) is 0 Å². The van der Waals surface area contributed by atoms with Gasteiger partial charge in [-0.15, -0.1) is 10.2 Å². The molecule has 1 amide bonds. The van der Waals surface area contributed by atoms with E-state index in [9.17, 15) is 9.18 Å². The van der Waals surface area contributed by atoms with Gasteiger partial charge in [0.25, 0.3) is 5.22 Å². The molecule has 5 nitrogen and oxygen atoms in total. The zero-order chi connectivity index (χ0) is 19.5. The molecule has 1 aromatic heterocycles. The molecule has 1 aliphatic rings. The molecule has 1 aliphatic carbocycles. The Hall–Kier alpha value is -2.67.